The lowest BCUT2D eigenvalue weighted by Crippen LogP contribution is -2.13. The van der Waals surface area contributed by atoms with Gasteiger partial charge in [0.25, 0.3) is 0 Å². The summed E-state index contributed by atoms with van der Waals surface area (Å²) in [5.74, 6) is -0.509. The first kappa shape index (κ1) is 18.1. The maximum Gasteiger partial charge on any atom is 0.365 e. The molecular weight excluding hydrogens is 418 g/mol. The minimum absolute atomic E-state index is 0.429. The van der Waals surface area contributed by atoms with Crippen LogP contribution in [0, 0.1) is 0 Å². The maximum atomic E-state index is 12.4. The Morgan fingerprint density at radius 3 is 2.64 bits per heavy atom. The number of imidazole rings is 1. The Hall–Kier alpha value is -3.25. The monoisotopic (exact) mass is 433 g/mol. The van der Waals surface area contributed by atoms with Gasteiger partial charge in [-0.05, 0) is 35.0 Å². The van der Waals surface area contributed by atoms with Gasteiger partial charge in [0.05, 0.1) is 18.4 Å². The highest BCUT2D eigenvalue weighted by molar-refractivity contribution is 9.10. The lowest BCUT2D eigenvalue weighted by molar-refractivity contribution is 0.0515. The zero-order valence-corrected chi connectivity index (χ0v) is 16.4. The van der Waals surface area contributed by atoms with E-state index >= 15 is 0 Å². The number of hydrogen-bond donors (Lipinski definition) is 0. The molecule has 6 heteroatoms. The second-order valence-corrected chi connectivity index (χ2v) is 7.14. The molecule has 5 nitrogen and oxygen atoms in total. The minimum Gasteiger partial charge on any atom is -0.331 e. The highest BCUT2D eigenvalue weighted by Gasteiger charge is 2.11. The van der Waals surface area contributed by atoms with Crippen molar-refractivity contribution in [1.29, 1.82) is 0 Å². The number of halogens is 1. The van der Waals surface area contributed by atoms with Gasteiger partial charge < -0.3 is 9.40 Å². The van der Waals surface area contributed by atoms with E-state index in [4.69, 9.17) is 4.84 Å². The Bertz CT molecular complexity index is 1150. The van der Waals surface area contributed by atoms with Crippen molar-refractivity contribution in [2.45, 2.75) is 6.54 Å². The topological polar surface area (TPSA) is 56.5 Å². The third-order valence-corrected chi connectivity index (χ3v) is 4.77. The molecule has 1 aromatic heterocycles. The molecule has 0 saturated carbocycles. The quantitative estimate of drug-likeness (QED) is 0.251. The summed E-state index contributed by atoms with van der Waals surface area (Å²) in [7, 11) is 0. The van der Waals surface area contributed by atoms with Gasteiger partial charge in [0.2, 0.25) is 0 Å². The molecule has 0 aliphatic rings. The van der Waals surface area contributed by atoms with Crippen LogP contribution in [0.1, 0.15) is 15.9 Å². The van der Waals surface area contributed by atoms with Crippen molar-refractivity contribution in [1.82, 2.24) is 9.55 Å². The average molecular weight is 434 g/mol. The number of carbonyl (C=O) groups is 1. The number of aromatic nitrogens is 2. The molecule has 1 heterocycles. The number of carbonyl (C=O) groups excluding carboxylic acids is 1. The van der Waals surface area contributed by atoms with Gasteiger partial charge in [-0.3, -0.25) is 0 Å². The predicted octanol–water partition coefficient (Wildman–Crippen LogP) is 5.06. The number of nitrogens with zero attached hydrogens (tertiary/aromatic N) is 3. The van der Waals surface area contributed by atoms with Gasteiger partial charge in [0, 0.05) is 22.4 Å². The summed E-state index contributed by atoms with van der Waals surface area (Å²) in [5, 5.41) is 6.42. The van der Waals surface area contributed by atoms with Gasteiger partial charge >= 0.3 is 5.97 Å². The van der Waals surface area contributed by atoms with Crippen molar-refractivity contribution in [2.24, 2.45) is 5.16 Å². The van der Waals surface area contributed by atoms with Gasteiger partial charge in [0.1, 0.15) is 5.71 Å². The first-order valence-corrected chi connectivity index (χ1v) is 9.47. The number of benzene rings is 3. The first-order valence-electron chi connectivity index (χ1n) is 8.68. The second kappa shape index (κ2) is 8.19. The van der Waals surface area contributed by atoms with Crippen molar-refractivity contribution < 1.29 is 9.63 Å². The van der Waals surface area contributed by atoms with Gasteiger partial charge in [-0.25, -0.2) is 9.78 Å². The summed E-state index contributed by atoms with van der Waals surface area (Å²) in [4.78, 5) is 21.7. The van der Waals surface area contributed by atoms with Crippen LogP contribution in [-0.2, 0) is 11.4 Å². The summed E-state index contributed by atoms with van der Waals surface area (Å²) >= 11 is 3.36. The summed E-state index contributed by atoms with van der Waals surface area (Å²) in [6.45, 7) is 0.435. The van der Waals surface area contributed by atoms with Crippen LogP contribution in [-0.4, -0.2) is 21.2 Å². The Morgan fingerprint density at radius 2 is 1.86 bits per heavy atom. The third kappa shape index (κ3) is 4.18. The molecule has 0 radical (unpaired) electrons. The zero-order valence-electron chi connectivity index (χ0n) is 14.8. The normalized spacial score (nSPS) is 11.5. The van der Waals surface area contributed by atoms with E-state index in [1.54, 1.807) is 30.7 Å². The van der Waals surface area contributed by atoms with Gasteiger partial charge in [0.15, 0.2) is 0 Å². The van der Waals surface area contributed by atoms with Crippen LogP contribution in [0.25, 0.3) is 10.8 Å². The fraction of sp³-hybridized carbons (Fsp3) is 0.0455. The molecule has 0 saturated heterocycles. The minimum atomic E-state index is -0.509. The molecule has 3 aromatic carbocycles. The fourth-order valence-corrected chi connectivity index (χ4v) is 3.26. The van der Waals surface area contributed by atoms with Crippen LogP contribution in [0.3, 0.4) is 0 Å². The molecule has 0 unspecified atom stereocenters. The largest absolute Gasteiger partial charge is 0.365 e. The van der Waals surface area contributed by atoms with Crippen LogP contribution < -0.4 is 0 Å². The second-order valence-electron chi connectivity index (χ2n) is 6.22. The molecule has 0 aliphatic carbocycles. The van der Waals surface area contributed by atoms with Crippen molar-refractivity contribution >= 4 is 38.4 Å². The summed E-state index contributed by atoms with van der Waals surface area (Å²) in [5.41, 5.74) is 1.94. The van der Waals surface area contributed by atoms with E-state index in [-0.39, 0.29) is 0 Å². The maximum absolute atomic E-state index is 12.4. The van der Waals surface area contributed by atoms with Crippen LogP contribution in [0.5, 0.6) is 0 Å². The average Bonchev–Trinajstić information content (AvgIpc) is 3.23. The first-order chi connectivity index (χ1) is 13.7. The van der Waals surface area contributed by atoms with E-state index in [2.05, 4.69) is 32.1 Å². The van der Waals surface area contributed by atoms with Crippen molar-refractivity contribution in [3.8, 4) is 0 Å². The SMILES string of the molecule is O=C(O/N=C(\Cn1ccnc1)c1ccc2ccccc2c1)c1cccc(Br)c1. The molecule has 0 N–H and O–H groups in total. The molecule has 0 atom stereocenters. The fourth-order valence-electron chi connectivity index (χ4n) is 2.86. The van der Waals surface area contributed by atoms with E-state index in [0.29, 0.717) is 17.8 Å². The summed E-state index contributed by atoms with van der Waals surface area (Å²) in [6, 6.07) is 21.2. The third-order valence-electron chi connectivity index (χ3n) is 4.27. The Morgan fingerprint density at radius 1 is 1.00 bits per heavy atom. The number of hydrogen-bond acceptors (Lipinski definition) is 4. The van der Waals surface area contributed by atoms with Crippen LogP contribution in [0.2, 0.25) is 0 Å². The lowest BCUT2D eigenvalue weighted by atomic mass is 10.0. The zero-order chi connectivity index (χ0) is 19.3. The van der Waals surface area contributed by atoms with Crippen molar-refractivity contribution in [2.75, 3.05) is 0 Å². The molecule has 0 spiro atoms. The Balaban J connectivity index is 1.66. The molecule has 28 heavy (non-hydrogen) atoms. The highest BCUT2D eigenvalue weighted by Crippen LogP contribution is 2.18. The molecule has 0 aliphatic heterocycles. The molecule has 4 rings (SSSR count). The molecule has 0 fully saturated rings. The number of oxime groups is 1. The number of rotatable bonds is 5. The summed E-state index contributed by atoms with van der Waals surface area (Å²) < 4.78 is 2.68. The lowest BCUT2D eigenvalue weighted by Gasteiger charge is -2.09. The smallest absolute Gasteiger partial charge is 0.331 e. The van der Waals surface area contributed by atoms with Gasteiger partial charge in [-0.15, -0.1) is 0 Å². The van der Waals surface area contributed by atoms with Gasteiger partial charge in [-0.1, -0.05) is 63.6 Å². The van der Waals surface area contributed by atoms with E-state index in [0.717, 1.165) is 20.8 Å². The number of fused-ring (bicyclic) bond motifs is 1. The van der Waals surface area contributed by atoms with E-state index in [9.17, 15) is 4.79 Å². The molecular formula is C22H16BrN3O2. The molecule has 0 amide bonds. The Labute approximate surface area is 170 Å². The van der Waals surface area contributed by atoms with E-state index < -0.39 is 5.97 Å². The highest BCUT2D eigenvalue weighted by atomic mass is 79.9. The molecule has 4 aromatic rings. The van der Waals surface area contributed by atoms with E-state index in [1.165, 1.54) is 0 Å². The van der Waals surface area contributed by atoms with Crippen molar-refractivity contribution in [3.63, 3.8) is 0 Å². The van der Waals surface area contributed by atoms with Crippen molar-refractivity contribution in [3.05, 3.63) is 101 Å². The van der Waals surface area contributed by atoms with E-state index in [1.807, 2.05) is 53.2 Å². The predicted molar refractivity (Wildman–Crippen MR) is 112 cm³/mol. The van der Waals surface area contributed by atoms with Gasteiger partial charge in [-0.2, -0.15) is 0 Å². The Kier molecular flexibility index (Phi) is 5.30. The van der Waals surface area contributed by atoms with Crippen LogP contribution in [0.15, 0.2) is 95.1 Å². The van der Waals surface area contributed by atoms with Crippen LogP contribution in [0.4, 0.5) is 0 Å². The molecule has 0 bridgehead atoms. The van der Waals surface area contributed by atoms with Crippen LogP contribution >= 0.6 is 15.9 Å². The standard InChI is InChI=1S/C22H16BrN3O2/c23-20-7-3-6-19(13-20)22(27)28-25-21(14-26-11-10-24-15-26)18-9-8-16-4-1-2-5-17(16)12-18/h1-13,15H,14H2/b25-21+. The summed E-state index contributed by atoms with van der Waals surface area (Å²) in [6.07, 6.45) is 5.24. The molecule has 138 valence electrons.